The summed E-state index contributed by atoms with van der Waals surface area (Å²) in [5.41, 5.74) is 0. The molecule has 5 heteroatoms. The highest BCUT2D eigenvalue weighted by atomic mass is 16.5. The molecular weight excluding hydrogens is 246 g/mol. The standard InChI is InChI=1S/C14H25NO4/c1-9-6-12(7-10(2)19-9)18-8-13(14(16)17-3)15-11-4-5-11/h9-13,15H,4-8H2,1-3H3. The normalized spacial score (nSPS) is 32.9. The molecule has 0 amide bonds. The summed E-state index contributed by atoms with van der Waals surface area (Å²) in [6.45, 7) is 4.51. The Labute approximate surface area is 115 Å². The molecule has 0 aromatic carbocycles. The third kappa shape index (κ3) is 4.75. The molecule has 5 nitrogen and oxygen atoms in total. The number of rotatable bonds is 6. The van der Waals surface area contributed by atoms with E-state index in [-0.39, 0.29) is 30.3 Å². The first-order valence-electron chi connectivity index (χ1n) is 7.19. The van der Waals surface area contributed by atoms with Gasteiger partial charge in [0, 0.05) is 6.04 Å². The second kappa shape index (κ2) is 6.68. The number of methoxy groups -OCH3 is 1. The van der Waals surface area contributed by atoms with Gasteiger partial charge in [0.25, 0.3) is 0 Å². The van der Waals surface area contributed by atoms with Crippen LogP contribution in [0.2, 0.25) is 0 Å². The molecule has 0 spiro atoms. The van der Waals surface area contributed by atoms with Gasteiger partial charge in [-0.2, -0.15) is 0 Å². The van der Waals surface area contributed by atoms with Crippen LogP contribution >= 0.6 is 0 Å². The summed E-state index contributed by atoms with van der Waals surface area (Å²) in [5, 5.41) is 3.27. The van der Waals surface area contributed by atoms with Gasteiger partial charge in [0.2, 0.25) is 0 Å². The Morgan fingerprint density at radius 2 is 1.95 bits per heavy atom. The average molecular weight is 271 g/mol. The van der Waals surface area contributed by atoms with E-state index < -0.39 is 0 Å². The Morgan fingerprint density at radius 1 is 1.32 bits per heavy atom. The lowest BCUT2D eigenvalue weighted by Crippen LogP contribution is -2.44. The summed E-state index contributed by atoms with van der Waals surface area (Å²) in [6.07, 6.45) is 4.68. The highest BCUT2D eigenvalue weighted by Gasteiger charge is 2.31. The second-order valence-electron chi connectivity index (χ2n) is 5.70. The predicted molar refractivity (Wildman–Crippen MR) is 70.9 cm³/mol. The molecule has 1 N–H and O–H groups in total. The van der Waals surface area contributed by atoms with Gasteiger partial charge in [-0.25, -0.2) is 0 Å². The van der Waals surface area contributed by atoms with Crippen molar-refractivity contribution in [3.05, 3.63) is 0 Å². The van der Waals surface area contributed by atoms with Crippen molar-refractivity contribution >= 4 is 5.97 Å². The molecule has 1 saturated carbocycles. The van der Waals surface area contributed by atoms with E-state index in [1.54, 1.807) is 0 Å². The molecule has 1 aliphatic heterocycles. The van der Waals surface area contributed by atoms with Crippen LogP contribution in [-0.2, 0) is 19.0 Å². The largest absolute Gasteiger partial charge is 0.468 e. The fraction of sp³-hybridized carbons (Fsp3) is 0.929. The van der Waals surface area contributed by atoms with Gasteiger partial charge >= 0.3 is 5.97 Å². The van der Waals surface area contributed by atoms with E-state index in [9.17, 15) is 4.79 Å². The summed E-state index contributed by atoms with van der Waals surface area (Å²) in [4.78, 5) is 11.7. The van der Waals surface area contributed by atoms with Crippen LogP contribution in [0.25, 0.3) is 0 Å². The number of carbonyl (C=O) groups excluding carboxylic acids is 1. The van der Waals surface area contributed by atoms with Crippen molar-refractivity contribution in [3.63, 3.8) is 0 Å². The highest BCUT2D eigenvalue weighted by Crippen LogP contribution is 2.23. The lowest BCUT2D eigenvalue weighted by Gasteiger charge is -2.32. The van der Waals surface area contributed by atoms with Gasteiger partial charge in [-0.1, -0.05) is 0 Å². The summed E-state index contributed by atoms with van der Waals surface area (Å²) < 4.78 is 16.4. The van der Waals surface area contributed by atoms with Crippen molar-refractivity contribution in [2.75, 3.05) is 13.7 Å². The maximum atomic E-state index is 11.7. The summed E-state index contributed by atoms with van der Waals surface area (Å²) in [5.74, 6) is -0.236. The number of hydrogen-bond acceptors (Lipinski definition) is 5. The molecule has 0 aromatic heterocycles. The number of hydrogen-bond donors (Lipinski definition) is 1. The van der Waals surface area contributed by atoms with Crippen LogP contribution in [0.15, 0.2) is 0 Å². The van der Waals surface area contributed by atoms with Crippen molar-refractivity contribution in [1.82, 2.24) is 5.32 Å². The van der Waals surface area contributed by atoms with Crippen LogP contribution in [0.1, 0.15) is 39.5 Å². The highest BCUT2D eigenvalue weighted by molar-refractivity contribution is 5.75. The number of carbonyl (C=O) groups is 1. The predicted octanol–water partition coefficient (Wildman–Crippen LogP) is 1.25. The van der Waals surface area contributed by atoms with Gasteiger partial charge in [0.15, 0.2) is 0 Å². The van der Waals surface area contributed by atoms with Crippen molar-refractivity contribution in [3.8, 4) is 0 Å². The van der Waals surface area contributed by atoms with Gasteiger partial charge in [0.1, 0.15) is 6.04 Å². The Balaban J connectivity index is 1.78. The molecule has 0 aromatic rings. The van der Waals surface area contributed by atoms with Crippen molar-refractivity contribution in [1.29, 1.82) is 0 Å². The van der Waals surface area contributed by atoms with Gasteiger partial charge in [0.05, 0.1) is 32.0 Å². The molecule has 1 saturated heterocycles. The van der Waals surface area contributed by atoms with Gasteiger partial charge < -0.3 is 14.2 Å². The number of esters is 1. The Hall–Kier alpha value is -0.650. The van der Waals surface area contributed by atoms with Crippen molar-refractivity contribution in [2.45, 2.75) is 69.9 Å². The van der Waals surface area contributed by atoms with Gasteiger partial charge in [-0.05, 0) is 39.5 Å². The van der Waals surface area contributed by atoms with Gasteiger partial charge in [-0.3, -0.25) is 10.1 Å². The molecule has 0 radical (unpaired) electrons. The first-order chi connectivity index (χ1) is 9.08. The molecule has 3 unspecified atom stereocenters. The fourth-order valence-electron chi connectivity index (χ4n) is 2.57. The quantitative estimate of drug-likeness (QED) is 0.737. The minimum Gasteiger partial charge on any atom is -0.468 e. The Bertz CT molecular complexity index is 296. The number of nitrogens with one attached hydrogen (secondary N) is 1. The zero-order valence-corrected chi connectivity index (χ0v) is 12.1. The van der Waals surface area contributed by atoms with E-state index in [4.69, 9.17) is 14.2 Å². The minimum absolute atomic E-state index is 0.173. The maximum absolute atomic E-state index is 11.7. The van der Waals surface area contributed by atoms with Crippen LogP contribution in [0.5, 0.6) is 0 Å². The topological polar surface area (TPSA) is 56.8 Å². The third-order valence-electron chi connectivity index (χ3n) is 3.65. The zero-order valence-electron chi connectivity index (χ0n) is 12.1. The smallest absolute Gasteiger partial charge is 0.325 e. The van der Waals surface area contributed by atoms with Crippen LogP contribution in [0.3, 0.4) is 0 Å². The van der Waals surface area contributed by atoms with Crippen LogP contribution in [0.4, 0.5) is 0 Å². The molecule has 2 rings (SSSR count). The van der Waals surface area contributed by atoms with E-state index >= 15 is 0 Å². The average Bonchev–Trinajstić information content (AvgIpc) is 3.16. The van der Waals surface area contributed by atoms with Crippen molar-refractivity contribution < 1.29 is 19.0 Å². The van der Waals surface area contributed by atoms with Crippen molar-refractivity contribution in [2.24, 2.45) is 0 Å². The first-order valence-corrected chi connectivity index (χ1v) is 7.19. The first kappa shape index (κ1) is 14.8. The molecule has 19 heavy (non-hydrogen) atoms. The molecule has 2 fully saturated rings. The molecule has 1 aliphatic carbocycles. The molecule has 3 atom stereocenters. The molecule has 0 bridgehead atoms. The van der Waals surface area contributed by atoms with E-state index in [2.05, 4.69) is 19.2 Å². The minimum atomic E-state index is -0.342. The van der Waals surface area contributed by atoms with E-state index in [0.29, 0.717) is 12.6 Å². The molecule has 2 aliphatic rings. The van der Waals surface area contributed by atoms with E-state index in [1.165, 1.54) is 7.11 Å². The second-order valence-corrected chi connectivity index (χ2v) is 5.70. The number of ether oxygens (including phenoxy) is 3. The summed E-state index contributed by atoms with van der Waals surface area (Å²) in [7, 11) is 1.42. The fourth-order valence-corrected chi connectivity index (χ4v) is 2.57. The maximum Gasteiger partial charge on any atom is 0.325 e. The van der Waals surface area contributed by atoms with Crippen LogP contribution < -0.4 is 5.32 Å². The van der Waals surface area contributed by atoms with Crippen LogP contribution in [0, 0.1) is 0 Å². The molecule has 1 heterocycles. The summed E-state index contributed by atoms with van der Waals surface area (Å²) in [6, 6.07) is 0.117. The summed E-state index contributed by atoms with van der Waals surface area (Å²) >= 11 is 0. The monoisotopic (exact) mass is 271 g/mol. The molecule has 110 valence electrons. The Kier molecular flexibility index (Phi) is 5.19. The zero-order chi connectivity index (χ0) is 13.8. The SMILES string of the molecule is COC(=O)C(COC1CC(C)OC(C)C1)NC1CC1. The van der Waals surface area contributed by atoms with Gasteiger partial charge in [-0.15, -0.1) is 0 Å². The Morgan fingerprint density at radius 3 is 2.47 bits per heavy atom. The third-order valence-corrected chi connectivity index (χ3v) is 3.65. The molecular formula is C14H25NO4. The lowest BCUT2D eigenvalue weighted by molar-refractivity contribution is -0.147. The lowest BCUT2D eigenvalue weighted by atomic mass is 10.0. The van der Waals surface area contributed by atoms with E-state index in [0.717, 1.165) is 25.7 Å². The van der Waals surface area contributed by atoms with E-state index in [1.807, 2.05) is 0 Å². The van der Waals surface area contributed by atoms with Crippen LogP contribution in [-0.4, -0.2) is 50.1 Å².